The monoisotopic (exact) mass is 374 g/mol. The maximum Gasteiger partial charge on any atom is 0.422 e. The summed E-state index contributed by atoms with van der Waals surface area (Å²) in [5, 5.41) is 0.0524. The predicted octanol–water partition coefficient (Wildman–Crippen LogP) is 2.19. The van der Waals surface area contributed by atoms with Crippen molar-refractivity contribution in [2.75, 3.05) is 10.8 Å². The molecule has 0 aliphatic carbocycles. The van der Waals surface area contributed by atoms with E-state index in [1.165, 1.54) is 27.1 Å². The Labute approximate surface area is 150 Å². The Morgan fingerprint density at radius 2 is 1.73 bits per heavy atom. The van der Waals surface area contributed by atoms with E-state index in [0.717, 1.165) is 0 Å². The molecule has 3 aromatic rings. The van der Waals surface area contributed by atoms with Crippen LogP contribution in [0.4, 0.5) is 5.69 Å². The summed E-state index contributed by atoms with van der Waals surface area (Å²) in [4.78, 5) is 23.8. The van der Waals surface area contributed by atoms with Crippen LogP contribution < -0.4 is 15.7 Å². The summed E-state index contributed by atoms with van der Waals surface area (Å²) in [5.74, 6) is -0.764. The summed E-state index contributed by atoms with van der Waals surface area (Å²) in [5.41, 5.74) is 0.0191. The lowest BCUT2D eigenvalue weighted by Crippen LogP contribution is -2.31. The molecule has 0 atom stereocenters. The molecule has 0 saturated carbocycles. The summed E-state index contributed by atoms with van der Waals surface area (Å²) in [6.07, 6.45) is 0. The van der Waals surface area contributed by atoms with Crippen molar-refractivity contribution in [3.8, 4) is 0 Å². The fourth-order valence-electron chi connectivity index (χ4n) is 2.87. The highest BCUT2D eigenvalue weighted by atomic mass is 32.2. The minimum Gasteiger partial charge on any atom is -0.372 e. The smallest absolute Gasteiger partial charge is 0.372 e. The summed E-state index contributed by atoms with van der Waals surface area (Å²) >= 11 is 0. The van der Waals surface area contributed by atoms with E-state index in [1.54, 1.807) is 44.2 Å². The first-order valence-electron chi connectivity index (χ1n) is 8.15. The fourth-order valence-corrected chi connectivity index (χ4v) is 4.37. The second-order valence-electron chi connectivity index (χ2n) is 5.58. The van der Waals surface area contributed by atoms with Crippen molar-refractivity contribution in [1.82, 2.24) is 4.57 Å². The van der Waals surface area contributed by atoms with Crippen molar-refractivity contribution in [3.63, 3.8) is 0 Å². The molecule has 1 aromatic heterocycles. The second-order valence-corrected chi connectivity index (χ2v) is 7.45. The molecule has 0 fully saturated rings. The van der Waals surface area contributed by atoms with E-state index in [9.17, 15) is 18.0 Å². The lowest BCUT2D eigenvalue weighted by Gasteiger charge is -2.23. The van der Waals surface area contributed by atoms with E-state index in [-0.39, 0.29) is 16.8 Å². The van der Waals surface area contributed by atoms with Crippen molar-refractivity contribution >= 4 is 26.6 Å². The van der Waals surface area contributed by atoms with Gasteiger partial charge in [-0.3, -0.25) is 8.87 Å². The van der Waals surface area contributed by atoms with Gasteiger partial charge in [0.25, 0.3) is 10.0 Å². The largest absolute Gasteiger partial charge is 0.422 e. The molecule has 136 valence electrons. The Morgan fingerprint density at radius 1 is 1.04 bits per heavy atom. The minimum atomic E-state index is -3.88. The summed E-state index contributed by atoms with van der Waals surface area (Å²) in [6.45, 7) is 4.00. The molecule has 0 radical (unpaired) electrons. The number of benzene rings is 2. The van der Waals surface area contributed by atoms with Gasteiger partial charge in [-0.2, -0.15) is 0 Å². The molecule has 0 saturated heterocycles. The molecular formula is C18H18N2O5S. The Bertz CT molecular complexity index is 1160. The van der Waals surface area contributed by atoms with E-state index in [4.69, 9.17) is 4.42 Å². The molecule has 0 N–H and O–H groups in total. The maximum atomic E-state index is 13.1. The molecule has 1 heterocycles. The van der Waals surface area contributed by atoms with E-state index in [2.05, 4.69) is 0 Å². The van der Waals surface area contributed by atoms with E-state index >= 15 is 0 Å². The van der Waals surface area contributed by atoms with E-state index in [1.807, 2.05) is 0 Å². The molecule has 0 aliphatic heterocycles. The SMILES string of the molecule is CCN(c1ccccc1)S(=O)(=O)c1ccc2c(c1)c(=O)oc(=O)n2CC. The van der Waals surface area contributed by atoms with Gasteiger partial charge >= 0.3 is 11.4 Å². The molecular weight excluding hydrogens is 356 g/mol. The summed E-state index contributed by atoms with van der Waals surface area (Å²) in [7, 11) is -3.88. The zero-order valence-corrected chi connectivity index (χ0v) is 15.2. The van der Waals surface area contributed by atoms with Gasteiger partial charge in [0.05, 0.1) is 21.5 Å². The molecule has 26 heavy (non-hydrogen) atoms. The second kappa shape index (κ2) is 6.80. The van der Waals surface area contributed by atoms with Gasteiger partial charge in [0.2, 0.25) is 0 Å². The Kier molecular flexibility index (Phi) is 4.69. The molecule has 0 amide bonds. The number of rotatable bonds is 5. The van der Waals surface area contributed by atoms with Crippen molar-refractivity contribution in [1.29, 1.82) is 0 Å². The van der Waals surface area contributed by atoms with Crippen LogP contribution >= 0.6 is 0 Å². The third-order valence-corrected chi connectivity index (χ3v) is 6.01. The van der Waals surface area contributed by atoms with Crippen LogP contribution in [0.3, 0.4) is 0 Å². The van der Waals surface area contributed by atoms with Gasteiger partial charge in [0.1, 0.15) is 0 Å². The number of aryl methyl sites for hydroxylation is 1. The minimum absolute atomic E-state index is 0.0377. The van der Waals surface area contributed by atoms with Crippen LogP contribution in [0, 0.1) is 0 Å². The summed E-state index contributed by atoms with van der Waals surface area (Å²) in [6, 6.07) is 12.8. The molecule has 3 rings (SSSR count). The maximum absolute atomic E-state index is 13.1. The van der Waals surface area contributed by atoms with Gasteiger partial charge in [-0.1, -0.05) is 18.2 Å². The average molecular weight is 374 g/mol. The first-order valence-corrected chi connectivity index (χ1v) is 9.59. The van der Waals surface area contributed by atoms with Crippen LogP contribution in [0.2, 0.25) is 0 Å². The van der Waals surface area contributed by atoms with Crippen molar-refractivity contribution in [2.24, 2.45) is 0 Å². The van der Waals surface area contributed by atoms with Crippen molar-refractivity contribution in [2.45, 2.75) is 25.3 Å². The molecule has 0 spiro atoms. The van der Waals surface area contributed by atoms with Gasteiger partial charge in [-0.05, 0) is 44.2 Å². The van der Waals surface area contributed by atoms with Crippen molar-refractivity contribution in [3.05, 3.63) is 69.5 Å². The van der Waals surface area contributed by atoms with Crippen LogP contribution in [-0.4, -0.2) is 19.5 Å². The number of para-hydroxylation sites is 1. The Balaban J connectivity index is 2.21. The number of sulfonamides is 1. The van der Waals surface area contributed by atoms with Crippen molar-refractivity contribution < 1.29 is 12.8 Å². The molecule has 7 nitrogen and oxygen atoms in total. The fraction of sp³-hybridized carbons (Fsp3) is 0.222. The number of nitrogens with zero attached hydrogens (tertiary/aromatic N) is 2. The number of anilines is 1. The molecule has 8 heteroatoms. The lowest BCUT2D eigenvalue weighted by atomic mass is 10.2. The van der Waals surface area contributed by atoms with Gasteiger partial charge < -0.3 is 4.42 Å². The van der Waals surface area contributed by atoms with Crippen LogP contribution in [0.25, 0.3) is 10.9 Å². The van der Waals surface area contributed by atoms with Crippen LogP contribution in [-0.2, 0) is 16.6 Å². The number of hydrogen-bond acceptors (Lipinski definition) is 5. The normalized spacial score (nSPS) is 11.6. The number of fused-ring (bicyclic) bond motifs is 1. The Hall–Kier alpha value is -2.87. The van der Waals surface area contributed by atoms with E-state index < -0.39 is 21.4 Å². The van der Waals surface area contributed by atoms with Crippen LogP contribution in [0.5, 0.6) is 0 Å². The highest BCUT2D eigenvalue weighted by molar-refractivity contribution is 7.92. The predicted molar refractivity (Wildman–Crippen MR) is 99.1 cm³/mol. The van der Waals surface area contributed by atoms with Gasteiger partial charge in [-0.25, -0.2) is 18.0 Å². The zero-order chi connectivity index (χ0) is 18.9. The summed E-state index contributed by atoms with van der Waals surface area (Å²) < 4.78 is 33.4. The van der Waals surface area contributed by atoms with E-state index in [0.29, 0.717) is 17.7 Å². The van der Waals surface area contributed by atoms with Crippen LogP contribution in [0.15, 0.2) is 67.4 Å². The first-order chi connectivity index (χ1) is 12.4. The quantitative estimate of drug-likeness (QED) is 0.683. The molecule has 0 bridgehead atoms. The number of hydrogen-bond donors (Lipinski definition) is 0. The molecule has 0 aliphatic rings. The third-order valence-electron chi connectivity index (χ3n) is 4.11. The average Bonchev–Trinajstić information content (AvgIpc) is 2.63. The third kappa shape index (κ3) is 2.92. The van der Waals surface area contributed by atoms with Gasteiger partial charge in [0.15, 0.2) is 0 Å². The van der Waals surface area contributed by atoms with Gasteiger partial charge in [-0.15, -0.1) is 0 Å². The standard InChI is InChI=1S/C18H18N2O5S/c1-3-19-16-11-10-14(12-15(16)17(21)25-18(19)22)26(23,24)20(4-2)13-8-6-5-7-9-13/h5-12H,3-4H2,1-2H3. The highest BCUT2D eigenvalue weighted by Gasteiger charge is 2.24. The highest BCUT2D eigenvalue weighted by Crippen LogP contribution is 2.24. The molecule has 2 aromatic carbocycles. The molecule has 0 unspecified atom stereocenters. The zero-order valence-electron chi connectivity index (χ0n) is 14.4. The topological polar surface area (TPSA) is 89.6 Å². The Morgan fingerprint density at radius 3 is 2.35 bits per heavy atom. The van der Waals surface area contributed by atoms with Gasteiger partial charge in [0, 0.05) is 13.1 Å². The number of aromatic nitrogens is 1. The first kappa shape index (κ1) is 17.9. The van der Waals surface area contributed by atoms with Crippen LogP contribution in [0.1, 0.15) is 13.8 Å². The lowest BCUT2D eigenvalue weighted by molar-refractivity contribution is 0.421.